The van der Waals surface area contributed by atoms with E-state index in [1.807, 2.05) is 6.07 Å². The number of carbonyl (C=O) groups excluding carboxylic acids is 3. The topological polar surface area (TPSA) is 141 Å². The third-order valence-electron chi connectivity index (χ3n) is 3.06. The average Bonchev–Trinajstić information content (AvgIpc) is 2.68. The molecule has 28 heavy (non-hydrogen) atoms. The first-order valence-electron chi connectivity index (χ1n) is 7.83. The normalized spacial score (nSPS) is 10.2. The lowest BCUT2D eigenvalue weighted by atomic mass is 10.3. The summed E-state index contributed by atoms with van der Waals surface area (Å²) in [5.74, 6) is -0.835. The Bertz CT molecular complexity index is 900. The van der Waals surface area contributed by atoms with Gasteiger partial charge < -0.3 is 19.5 Å². The Morgan fingerprint density at radius 2 is 1.68 bits per heavy atom. The molecule has 146 valence electrons. The Labute approximate surface area is 159 Å². The fourth-order valence-corrected chi connectivity index (χ4v) is 1.87. The maximum atomic E-state index is 11.5. The molecular weight excluding hydrogens is 370 g/mol. The van der Waals surface area contributed by atoms with Gasteiger partial charge in [-0.1, -0.05) is 18.2 Å². The lowest BCUT2D eigenvalue weighted by Gasteiger charge is -2.13. The molecule has 1 heterocycles. The van der Waals surface area contributed by atoms with E-state index in [0.717, 1.165) is 14.2 Å². The molecule has 0 atom stereocenters. The van der Waals surface area contributed by atoms with Gasteiger partial charge in [0.15, 0.2) is 17.4 Å². The van der Waals surface area contributed by atoms with Crippen molar-refractivity contribution in [1.82, 2.24) is 4.98 Å². The van der Waals surface area contributed by atoms with E-state index < -0.39 is 18.2 Å². The number of nitrogens with zero attached hydrogens (tertiary/aromatic N) is 3. The minimum Gasteiger partial charge on any atom is -0.453 e. The van der Waals surface area contributed by atoms with Crippen LogP contribution < -0.4 is 15.4 Å². The van der Waals surface area contributed by atoms with E-state index in [4.69, 9.17) is 4.74 Å². The molecule has 0 saturated carbocycles. The SMILES string of the molecule is COC(=O)Nc1nc(NC(C)=O)c(/N=N/c2ccccc2)cc1OC(=O)OC. The molecule has 2 rings (SSSR count). The van der Waals surface area contributed by atoms with Crippen LogP contribution in [0.3, 0.4) is 0 Å². The van der Waals surface area contributed by atoms with Crippen LogP contribution in [-0.2, 0) is 14.3 Å². The Balaban J connectivity index is 2.51. The van der Waals surface area contributed by atoms with Gasteiger partial charge in [-0.15, -0.1) is 5.11 Å². The second kappa shape index (κ2) is 9.62. The molecule has 2 aromatic rings. The number of nitrogens with one attached hydrogen (secondary N) is 2. The summed E-state index contributed by atoms with van der Waals surface area (Å²) in [5, 5.41) is 12.8. The number of amides is 2. The Hall–Kier alpha value is -4.02. The Kier molecular flexibility index (Phi) is 6.97. The first-order chi connectivity index (χ1) is 13.4. The van der Waals surface area contributed by atoms with Crippen molar-refractivity contribution in [2.45, 2.75) is 6.92 Å². The number of pyridine rings is 1. The van der Waals surface area contributed by atoms with E-state index in [2.05, 4.69) is 35.3 Å². The highest BCUT2D eigenvalue weighted by Crippen LogP contribution is 2.35. The highest BCUT2D eigenvalue weighted by Gasteiger charge is 2.19. The van der Waals surface area contributed by atoms with Crippen molar-refractivity contribution in [3.8, 4) is 5.75 Å². The molecule has 0 aliphatic rings. The van der Waals surface area contributed by atoms with Crippen LogP contribution in [-0.4, -0.2) is 37.4 Å². The number of hydrogen-bond donors (Lipinski definition) is 2. The van der Waals surface area contributed by atoms with Crippen LogP contribution in [0.25, 0.3) is 0 Å². The van der Waals surface area contributed by atoms with Crippen molar-refractivity contribution >= 4 is 41.2 Å². The van der Waals surface area contributed by atoms with Crippen molar-refractivity contribution in [3.63, 3.8) is 0 Å². The molecule has 0 bridgehead atoms. The molecule has 0 fully saturated rings. The Morgan fingerprint density at radius 3 is 2.29 bits per heavy atom. The van der Waals surface area contributed by atoms with E-state index in [9.17, 15) is 14.4 Å². The van der Waals surface area contributed by atoms with E-state index in [-0.39, 0.29) is 23.1 Å². The molecule has 1 aromatic heterocycles. The van der Waals surface area contributed by atoms with Crippen molar-refractivity contribution < 1.29 is 28.6 Å². The van der Waals surface area contributed by atoms with Crippen molar-refractivity contribution in [1.29, 1.82) is 0 Å². The molecule has 2 amide bonds. The summed E-state index contributed by atoms with van der Waals surface area (Å²) < 4.78 is 13.9. The molecule has 0 unspecified atom stereocenters. The maximum Gasteiger partial charge on any atom is 0.513 e. The van der Waals surface area contributed by atoms with Gasteiger partial charge in [-0.2, -0.15) is 5.11 Å². The van der Waals surface area contributed by atoms with Gasteiger partial charge in [-0.05, 0) is 12.1 Å². The molecule has 0 aliphatic carbocycles. The molecule has 0 aliphatic heterocycles. The van der Waals surface area contributed by atoms with Gasteiger partial charge >= 0.3 is 12.2 Å². The maximum absolute atomic E-state index is 11.5. The van der Waals surface area contributed by atoms with Crippen molar-refractivity contribution in [2.75, 3.05) is 24.9 Å². The van der Waals surface area contributed by atoms with Gasteiger partial charge in [0.25, 0.3) is 0 Å². The first-order valence-corrected chi connectivity index (χ1v) is 7.83. The molecule has 0 radical (unpaired) electrons. The van der Waals surface area contributed by atoms with Crippen LogP contribution in [0, 0.1) is 0 Å². The highest BCUT2D eigenvalue weighted by molar-refractivity contribution is 5.93. The third-order valence-corrected chi connectivity index (χ3v) is 3.06. The summed E-state index contributed by atoms with van der Waals surface area (Å²) in [6.45, 7) is 1.27. The van der Waals surface area contributed by atoms with Gasteiger partial charge in [0.2, 0.25) is 5.91 Å². The number of methoxy groups -OCH3 is 2. The number of azo groups is 1. The minimum atomic E-state index is -1.05. The summed E-state index contributed by atoms with van der Waals surface area (Å²) in [5.41, 5.74) is 0.622. The summed E-state index contributed by atoms with van der Waals surface area (Å²) in [7, 11) is 2.26. The number of anilines is 2. The number of benzene rings is 1. The second-order valence-corrected chi connectivity index (χ2v) is 5.09. The number of aromatic nitrogens is 1. The smallest absolute Gasteiger partial charge is 0.453 e. The third kappa shape index (κ3) is 5.76. The highest BCUT2D eigenvalue weighted by atomic mass is 16.7. The van der Waals surface area contributed by atoms with Crippen LogP contribution in [0.1, 0.15) is 6.92 Å². The molecule has 2 N–H and O–H groups in total. The molecule has 1 aromatic carbocycles. The van der Waals surface area contributed by atoms with Crippen LogP contribution in [0.2, 0.25) is 0 Å². The monoisotopic (exact) mass is 387 g/mol. The zero-order valence-electron chi connectivity index (χ0n) is 15.3. The number of hydrogen-bond acceptors (Lipinski definition) is 9. The average molecular weight is 387 g/mol. The van der Waals surface area contributed by atoms with E-state index >= 15 is 0 Å². The summed E-state index contributed by atoms with van der Waals surface area (Å²) in [4.78, 5) is 38.6. The zero-order valence-corrected chi connectivity index (χ0v) is 15.3. The molecular formula is C17H17N5O6. The largest absolute Gasteiger partial charge is 0.513 e. The number of carbonyl (C=O) groups is 3. The summed E-state index contributed by atoms with van der Waals surface area (Å²) >= 11 is 0. The predicted octanol–water partition coefficient (Wildman–Crippen LogP) is 3.78. The second-order valence-electron chi connectivity index (χ2n) is 5.09. The van der Waals surface area contributed by atoms with Crippen molar-refractivity contribution in [3.05, 3.63) is 36.4 Å². The first kappa shape index (κ1) is 20.3. The van der Waals surface area contributed by atoms with Crippen molar-refractivity contribution in [2.24, 2.45) is 10.2 Å². The number of rotatable bonds is 5. The predicted molar refractivity (Wildman–Crippen MR) is 98.2 cm³/mol. The standard InChI is InChI=1S/C17H17N5O6/c1-10(23)18-14-12(22-21-11-7-5-4-6-8-11)9-13(28-17(25)27-3)15(19-14)20-16(24)26-2/h4-9H,1-3H3,(H2,18,19,20,23,24)/b22-21+. The molecule has 11 heteroatoms. The fraction of sp³-hybridized carbons (Fsp3) is 0.176. The number of ether oxygens (including phenoxy) is 3. The molecule has 11 nitrogen and oxygen atoms in total. The lowest BCUT2D eigenvalue weighted by molar-refractivity contribution is -0.114. The zero-order chi connectivity index (χ0) is 20.5. The fourth-order valence-electron chi connectivity index (χ4n) is 1.87. The van der Waals surface area contributed by atoms with Crippen LogP contribution in [0.15, 0.2) is 46.6 Å². The van der Waals surface area contributed by atoms with E-state index in [1.165, 1.54) is 13.0 Å². The van der Waals surface area contributed by atoms with Crippen LogP contribution >= 0.6 is 0 Å². The van der Waals surface area contributed by atoms with Gasteiger partial charge in [-0.3, -0.25) is 10.1 Å². The van der Waals surface area contributed by atoms with Crippen LogP contribution in [0.4, 0.5) is 32.6 Å². The Morgan fingerprint density at radius 1 is 0.964 bits per heavy atom. The minimum absolute atomic E-state index is 0.0178. The summed E-state index contributed by atoms with van der Waals surface area (Å²) in [6.07, 6.45) is -1.91. The summed E-state index contributed by atoms with van der Waals surface area (Å²) in [6, 6.07) is 10.1. The van der Waals surface area contributed by atoms with Gasteiger partial charge in [0.05, 0.1) is 19.9 Å². The van der Waals surface area contributed by atoms with Gasteiger partial charge in [-0.25, -0.2) is 14.6 Å². The molecule has 0 spiro atoms. The lowest BCUT2D eigenvalue weighted by Crippen LogP contribution is -2.17. The van der Waals surface area contributed by atoms with E-state index in [0.29, 0.717) is 5.69 Å². The van der Waals surface area contributed by atoms with Gasteiger partial charge in [0.1, 0.15) is 5.69 Å². The van der Waals surface area contributed by atoms with Gasteiger partial charge in [0, 0.05) is 13.0 Å². The quantitative estimate of drug-likeness (QED) is 0.587. The van der Waals surface area contributed by atoms with Crippen LogP contribution in [0.5, 0.6) is 5.75 Å². The van der Waals surface area contributed by atoms with E-state index in [1.54, 1.807) is 24.3 Å². The molecule has 0 saturated heterocycles.